The Balaban J connectivity index is 2.14. The maximum absolute atomic E-state index is 6.31. The highest BCUT2D eigenvalue weighted by Crippen LogP contribution is 2.26. The van der Waals surface area contributed by atoms with E-state index in [0.717, 1.165) is 28.2 Å². The van der Waals surface area contributed by atoms with Crippen molar-refractivity contribution in [2.24, 2.45) is 0 Å². The topological polar surface area (TPSA) is 30.7 Å². The fraction of sp³-hybridized carbons (Fsp3) is 0.200. The van der Waals surface area contributed by atoms with Crippen LogP contribution in [-0.4, -0.2) is 14.5 Å². The van der Waals surface area contributed by atoms with Gasteiger partial charge in [-0.15, -0.1) is 11.6 Å². The number of alkyl halides is 1. The van der Waals surface area contributed by atoms with Crippen molar-refractivity contribution < 1.29 is 0 Å². The predicted octanol–water partition coefficient (Wildman–Crippen LogP) is 4.18. The number of halogens is 2. The van der Waals surface area contributed by atoms with Crippen LogP contribution in [0, 0.1) is 6.92 Å². The molecule has 0 atom stereocenters. The van der Waals surface area contributed by atoms with E-state index < -0.39 is 0 Å². The Hall–Kier alpha value is -1.58. The number of hydrogen-bond acceptors (Lipinski definition) is 2. The van der Waals surface area contributed by atoms with Crippen molar-refractivity contribution in [3.63, 3.8) is 0 Å². The molecule has 2 heterocycles. The maximum atomic E-state index is 6.31. The number of aromatic nitrogens is 3. The third-order valence-corrected chi connectivity index (χ3v) is 3.73. The van der Waals surface area contributed by atoms with Gasteiger partial charge >= 0.3 is 0 Å². The minimum absolute atomic E-state index is 0.344. The summed E-state index contributed by atoms with van der Waals surface area (Å²) in [5.41, 5.74) is 3.73. The van der Waals surface area contributed by atoms with Gasteiger partial charge in [0, 0.05) is 5.69 Å². The van der Waals surface area contributed by atoms with E-state index in [9.17, 15) is 0 Å². The summed E-state index contributed by atoms with van der Waals surface area (Å²) in [5.74, 6) is 1.15. The molecule has 3 aromatic rings. The highest BCUT2D eigenvalue weighted by Gasteiger charge is 2.13. The highest BCUT2D eigenvalue weighted by atomic mass is 35.5. The maximum Gasteiger partial charge on any atom is 0.125 e. The monoisotopic (exact) mass is 305 g/mol. The summed E-state index contributed by atoms with van der Waals surface area (Å²) in [7, 11) is 0. The van der Waals surface area contributed by atoms with Gasteiger partial charge in [-0.05, 0) is 31.2 Å². The quantitative estimate of drug-likeness (QED) is 0.680. The van der Waals surface area contributed by atoms with Gasteiger partial charge in [-0.25, -0.2) is 4.98 Å². The van der Waals surface area contributed by atoms with Crippen LogP contribution in [0.15, 0.2) is 36.4 Å². The summed E-state index contributed by atoms with van der Waals surface area (Å²) in [6.45, 7) is 2.59. The average molecular weight is 306 g/mol. The molecule has 20 heavy (non-hydrogen) atoms. The van der Waals surface area contributed by atoms with Crippen LogP contribution in [0.25, 0.3) is 11.0 Å². The molecule has 0 aliphatic carbocycles. The van der Waals surface area contributed by atoms with Gasteiger partial charge in [0.05, 0.1) is 34.2 Å². The Labute approximate surface area is 127 Å². The Morgan fingerprint density at radius 3 is 2.65 bits per heavy atom. The van der Waals surface area contributed by atoms with Crippen molar-refractivity contribution >= 4 is 34.2 Å². The van der Waals surface area contributed by atoms with Crippen molar-refractivity contribution in [2.45, 2.75) is 19.3 Å². The van der Waals surface area contributed by atoms with Crippen LogP contribution in [0.5, 0.6) is 0 Å². The molecule has 0 amide bonds. The molecule has 3 rings (SSSR count). The van der Waals surface area contributed by atoms with Crippen molar-refractivity contribution in [3.8, 4) is 0 Å². The molecule has 3 nitrogen and oxygen atoms in total. The molecule has 0 spiro atoms. The van der Waals surface area contributed by atoms with Crippen molar-refractivity contribution in [1.82, 2.24) is 14.5 Å². The number of hydrogen-bond donors (Lipinski definition) is 0. The molecule has 0 unspecified atom stereocenters. The number of fused-ring (bicyclic) bond motifs is 1. The lowest BCUT2D eigenvalue weighted by Gasteiger charge is -2.08. The first-order chi connectivity index (χ1) is 9.69. The second-order valence-corrected chi connectivity index (χ2v) is 5.30. The van der Waals surface area contributed by atoms with E-state index in [1.165, 1.54) is 0 Å². The fourth-order valence-electron chi connectivity index (χ4n) is 2.31. The number of benzene rings is 1. The van der Waals surface area contributed by atoms with Crippen molar-refractivity contribution in [3.05, 3.63) is 58.6 Å². The lowest BCUT2D eigenvalue weighted by molar-refractivity contribution is 0.755. The number of nitrogens with zero attached hydrogens (tertiary/aromatic N) is 3. The summed E-state index contributed by atoms with van der Waals surface area (Å²) in [6.07, 6.45) is 0. The second-order valence-electron chi connectivity index (χ2n) is 4.63. The SMILES string of the molecule is Cc1cccc(Cn2c(CCl)nc3cccc(Cl)c32)n1. The molecule has 102 valence electrons. The summed E-state index contributed by atoms with van der Waals surface area (Å²) in [5, 5.41) is 0.680. The number of imidazole rings is 1. The average Bonchev–Trinajstić information content (AvgIpc) is 2.78. The van der Waals surface area contributed by atoms with E-state index in [1.54, 1.807) is 0 Å². The van der Waals surface area contributed by atoms with E-state index >= 15 is 0 Å². The summed E-state index contributed by atoms with van der Waals surface area (Å²) in [4.78, 5) is 9.05. The van der Waals surface area contributed by atoms with Crippen LogP contribution in [0.3, 0.4) is 0 Å². The molecule has 5 heteroatoms. The highest BCUT2D eigenvalue weighted by molar-refractivity contribution is 6.35. The Kier molecular flexibility index (Phi) is 3.64. The first-order valence-corrected chi connectivity index (χ1v) is 7.22. The third kappa shape index (κ3) is 2.39. The smallest absolute Gasteiger partial charge is 0.125 e. The van der Waals surface area contributed by atoms with Crippen LogP contribution in [0.2, 0.25) is 5.02 Å². The normalized spacial score (nSPS) is 11.2. The fourth-order valence-corrected chi connectivity index (χ4v) is 2.79. The molecule has 1 aromatic carbocycles. The molecule has 0 aliphatic rings. The van der Waals surface area contributed by atoms with Gasteiger partial charge in [-0.3, -0.25) is 4.98 Å². The van der Waals surface area contributed by atoms with Crippen molar-refractivity contribution in [1.29, 1.82) is 0 Å². The standard InChI is InChI=1S/C15H13Cl2N3/c1-10-4-2-5-11(18-10)9-20-14(8-16)19-13-7-3-6-12(17)15(13)20/h2-7H,8-9H2,1H3. The minimum atomic E-state index is 0.344. The van der Waals surface area contributed by atoms with Crippen molar-refractivity contribution in [2.75, 3.05) is 0 Å². The summed E-state index contributed by atoms with van der Waals surface area (Å²) >= 11 is 12.3. The molecule has 0 aliphatic heterocycles. The van der Waals surface area contributed by atoms with Gasteiger partial charge in [0.1, 0.15) is 5.82 Å². The number of rotatable bonds is 3. The van der Waals surface area contributed by atoms with E-state index in [-0.39, 0.29) is 0 Å². The molecular weight excluding hydrogens is 293 g/mol. The summed E-state index contributed by atoms with van der Waals surface area (Å²) in [6, 6.07) is 11.7. The second kappa shape index (κ2) is 5.43. The lowest BCUT2D eigenvalue weighted by Crippen LogP contribution is -2.06. The molecular formula is C15H13Cl2N3. The number of pyridine rings is 1. The first kappa shape index (κ1) is 13.4. The Bertz CT molecular complexity index is 765. The zero-order valence-corrected chi connectivity index (χ0v) is 12.5. The summed E-state index contributed by atoms with van der Waals surface area (Å²) < 4.78 is 2.03. The molecule has 0 saturated carbocycles. The molecule has 0 saturated heterocycles. The lowest BCUT2D eigenvalue weighted by atomic mass is 10.3. The molecule has 0 radical (unpaired) electrons. The zero-order valence-electron chi connectivity index (χ0n) is 11.0. The molecule has 0 fully saturated rings. The van der Waals surface area contributed by atoms with Gasteiger partial charge in [-0.2, -0.15) is 0 Å². The first-order valence-electron chi connectivity index (χ1n) is 6.31. The van der Waals surface area contributed by atoms with Gasteiger partial charge < -0.3 is 4.57 Å². The molecule has 2 aromatic heterocycles. The molecule has 0 bridgehead atoms. The zero-order chi connectivity index (χ0) is 14.1. The number of para-hydroxylation sites is 1. The van der Waals surface area contributed by atoms with E-state index in [0.29, 0.717) is 17.4 Å². The van der Waals surface area contributed by atoms with E-state index in [1.807, 2.05) is 47.9 Å². The van der Waals surface area contributed by atoms with E-state index in [4.69, 9.17) is 23.2 Å². The van der Waals surface area contributed by atoms with Gasteiger partial charge in [-0.1, -0.05) is 23.7 Å². The van der Waals surface area contributed by atoms with Gasteiger partial charge in [0.2, 0.25) is 0 Å². The number of aryl methyl sites for hydroxylation is 1. The predicted molar refractivity (Wildman–Crippen MR) is 82.4 cm³/mol. The van der Waals surface area contributed by atoms with Crippen LogP contribution in [-0.2, 0) is 12.4 Å². The van der Waals surface area contributed by atoms with E-state index in [2.05, 4.69) is 9.97 Å². The largest absolute Gasteiger partial charge is 0.320 e. The molecule has 0 N–H and O–H groups in total. The van der Waals surface area contributed by atoms with Crippen LogP contribution < -0.4 is 0 Å². The van der Waals surface area contributed by atoms with Gasteiger partial charge in [0.15, 0.2) is 0 Å². The van der Waals surface area contributed by atoms with Crippen LogP contribution in [0.1, 0.15) is 17.2 Å². The van der Waals surface area contributed by atoms with Crippen LogP contribution in [0.4, 0.5) is 0 Å². The van der Waals surface area contributed by atoms with Crippen LogP contribution >= 0.6 is 23.2 Å². The third-order valence-electron chi connectivity index (χ3n) is 3.18. The van der Waals surface area contributed by atoms with Gasteiger partial charge in [0.25, 0.3) is 0 Å². The Morgan fingerprint density at radius 2 is 1.90 bits per heavy atom. The minimum Gasteiger partial charge on any atom is -0.320 e. The Morgan fingerprint density at radius 1 is 1.10 bits per heavy atom.